The third-order valence-electron chi connectivity index (χ3n) is 3.95. The van der Waals surface area contributed by atoms with E-state index in [1.165, 1.54) is 36.9 Å². The molecule has 86 valence electrons. The molecule has 1 saturated carbocycles. The molecule has 1 saturated heterocycles. The summed E-state index contributed by atoms with van der Waals surface area (Å²) in [6.07, 6.45) is 3.87. The molecule has 1 heterocycles. The highest BCUT2D eigenvalue weighted by Gasteiger charge is 2.46. The zero-order valence-electron chi connectivity index (χ0n) is 9.92. The molecule has 0 amide bonds. The van der Waals surface area contributed by atoms with Crippen LogP contribution in [0.4, 0.5) is 0 Å². The molecule has 1 atom stereocenters. The van der Waals surface area contributed by atoms with Gasteiger partial charge in [-0.15, -0.1) is 0 Å². The lowest BCUT2D eigenvalue weighted by atomic mass is 9.98. The number of nitrogens with one attached hydrogen (secondary N) is 2. The second-order valence-corrected chi connectivity index (χ2v) is 5.23. The maximum atomic E-state index is 3.86. The average molecular weight is 216 g/mol. The van der Waals surface area contributed by atoms with E-state index in [1.54, 1.807) is 0 Å². The fourth-order valence-corrected chi connectivity index (χ4v) is 2.89. The Morgan fingerprint density at radius 1 is 1.31 bits per heavy atom. The van der Waals surface area contributed by atoms with Crippen LogP contribution in [0.2, 0.25) is 0 Å². The van der Waals surface area contributed by atoms with Crippen molar-refractivity contribution in [1.29, 1.82) is 0 Å². The van der Waals surface area contributed by atoms with E-state index in [-0.39, 0.29) is 0 Å². The molecule has 3 rings (SSSR count). The Labute approximate surface area is 97.4 Å². The van der Waals surface area contributed by atoms with E-state index in [4.69, 9.17) is 0 Å². The molecule has 1 aliphatic carbocycles. The Morgan fingerprint density at radius 3 is 2.75 bits per heavy atom. The third-order valence-corrected chi connectivity index (χ3v) is 3.95. The molecule has 1 unspecified atom stereocenters. The van der Waals surface area contributed by atoms with Crippen LogP contribution in [-0.2, 0) is 5.54 Å². The molecule has 0 aromatic heterocycles. The topological polar surface area (TPSA) is 24.1 Å². The van der Waals surface area contributed by atoms with E-state index in [0.717, 1.165) is 6.54 Å². The molecule has 2 nitrogen and oxygen atoms in total. The zero-order valence-corrected chi connectivity index (χ0v) is 9.92. The molecule has 1 aromatic carbocycles. The maximum absolute atomic E-state index is 3.86. The fourth-order valence-electron chi connectivity index (χ4n) is 2.89. The van der Waals surface area contributed by atoms with Crippen LogP contribution >= 0.6 is 0 Å². The molecular weight excluding hydrogens is 196 g/mol. The predicted molar refractivity (Wildman–Crippen MR) is 66.5 cm³/mol. The fraction of sp³-hybridized carbons (Fsp3) is 0.571. The van der Waals surface area contributed by atoms with Crippen molar-refractivity contribution >= 4 is 0 Å². The van der Waals surface area contributed by atoms with Gasteiger partial charge >= 0.3 is 0 Å². The number of aryl methyl sites for hydroxylation is 1. The summed E-state index contributed by atoms with van der Waals surface area (Å²) >= 11 is 0. The molecular formula is C14H20N2. The van der Waals surface area contributed by atoms with Crippen molar-refractivity contribution in [3.8, 4) is 0 Å². The van der Waals surface area contributed by atoms with Crippen molar-refractivity contribution in [2.75, 3.05) is 13.1 Å². The van der Waals surface area contributed by atoms with Crippen LogP contribution in [0.5, 0.6) is 0 Å². The van der Waals surface area contributed by atoms with Crippen LogP contribution in [0.1, 0.15) is 30.4 Å². The smallest absolute Gasteiger partial charge is 0.0441 e. The largest absolute Gasteiger partial charge is 0.315 e. The summed E-state index contributed by atoms with van der Waals surface area (Å²) in [5, 5.41) is 7.29. The molecule has 1 aliphatic heterocycles. The minimum absolute atomic E-state index is 0.308. The Bertz CT molecular complexity index is 376. The van der Waals surface area contributed by atoms with E-state index in [9.17, 15) is 0 Å². The molecule has 2 N–H and O–H groups in total. The number of rotatable bonds is 3. The zero-order chi connectivity index (χ0) is 11.0. The lowest BCUT2D eigenvalue weighted by Gasteiger charge is -2.24. The van der Waals surface area contributed by atoms with Gasteiger partial charge < -0.3 is 10.6 Å². The Hall–Kier alpha value is -0.860. The molecule has 0 bridgehead atoms. The van der Waals surface area contributed by atoms with Gasteiger partial charge in [0.25, 0.3) is 0 Å². The predicted octanol–water partition coefficient (Wildman–Crippen LogP) is 1.94. The van der Waals surface area contributed by atoms with Crippen LogP contribution in [0, 0.1) is 6.92 Å². The molecule has 16 heavy (non-hydrogen) atoms. The van der Waals surface area contributed by atoms with E-state index in [2.05, 4.69) is 41.8 Å². The van der Waals surface area contributed by atoms with Gasteiger partial charge in [0.05, 0.1) is 0 Å². The summed E-state index contributed by atoms with van der Waals surface area (Å²) in [6.45, 7) is 4.53. The van der Waals surface area contributed by atoms with Crippen LogP contribution in [0.15, 0.2) is 24.3 Å². The standard InChI is InChI=1S/C14H20N2/c1-11-4-2-3-5-13(11)14(7-8-14)16-12-6-9-15-10-12/h2-5,12,15-16H,6-10H2,1H3. The van der Waals surface area contributed by atoms with Crippen LogP contribution in [0.3, 0.4) is 0 Å². The van der Waals surface area contributed by atoms with E-state index < -0.39 is 0 Å². The van der Waals surface area contributed by atoms with Gasteiger partial charge in [-0.2, -0.15) is 0 Å². The van der Waals surface area contributed by atoms with Gasteiger partial charge in [0, 0.05) is 18.1 Å². The van der Waals surface area contributed by atoms with Crippen LogP contribution in [0.25, 0.3) is 0 Å². The van der Waals surface area contributed by atoms with Gasteiger partial charge in [-0.25, -0.2) is 0 Å². The molecule has 2 fully saturated rings. The van der Waals surface area contributed by atoms with E-state index in [1.807, 2.05) is 0 Å². The molecule has 0 radical (unpaired) electrons. The summed E-state index contributed by atoms with van der Waals surface area (Å²) in [6, 6.07) is 9.48. The van der Waals surface area contributed by atoms with E-state index >= 15 is 0 Å². The summed E-state index contributed by atoms with van der Waals surface area (Å²) in [4.78, 5) is 0. The normalized spacial score (nSPS) is 26.9. The van der Waals surface area contributed by atoms with Gasteiger partial charge in [-0.05, 0) is 43.9 Å². The molecule has 0 spiro atoms. The first kappa shape index (κ1) is 10.3. The second kappa shape index (κ2) is 3.86. The van der Waals surface area contributed by atoms with Crippen molar-refractivity contribution in [3.05, 3.63) is 35.4 Å². The van der Waals surface area contributed by atoms with Crippen molar-refractivity contribution in [2.24, 2.45) is 0 Å². The Morgan fingerprint density at radius 2 is 2.12 bits per heavy atom. The third kappa shape index (κ3) is 1.76. The van der Waals surface area contributed by atoms with Crippen molar-refractivity contribution < 1.29 is 0 Å². The highest BCUT2D eigenvalue weighted by molar-refractivity contribution is 5.37. The minimum Gasteiger partial charge on any atom is -0.315 e. The van der Waals surface area contributed by atoms with Crippen molar-refractivity contribution in [3.63, 3.8) is 0 Å². The SMILES string of the molecule is Cc1ccccc1C1(NC2CCNC2)CC1. The second-order valence-electron chi connectivity index (χ2n) is 5.23. The molecule has 1 aromatic rings. The number of benzene rings is 1. The van der Waals surface area contributed by atoms with Crippen LogP contribution < -0.4 is 10.6 Å². The monoisotopic (exact) mass is 216 g/mol. The average Bonchev–Trinajstić information content (AvgIpc) is 2.87. The summed E-state index contributed by atoms with van der Waals surface area (Å²) in [5.41, 5.74) is 3.25. The van der Waals surface area contributed by atoms with Gasteiger partial charge in [-0.1, -0.05) is 24.3 Å². The Kier molecular flexibility index (Phi) is 2.49. The van der Waals surface area contributed by atoms with Crippen molar-refractivity contribution in [2.45, 2.75) is 37.8 Å². The van der Waals surface area contributed by atoms with Gasteiger partial charge in [-0.3, -0.25) is 0 Å². The maximum Gasteiger partial charge on any atom is 0.0441 e. The summed E-state index contributed by atoms with van der Waals surface area (Å²) < 4.78 is 0. The van der Waals surface area contributed by atoms with Crippen molar-refractivity contribution in [1.82, 2.24) is 10.6 Å². The van der Waals surface area contributed by atoms with E-state index in [0.29, 0.717) is 11.6 Å². The lowest BCUT2D eigenvalue weighted by Crippen LogP contribution is -2.40. The summed E-state index contributed by atoms with van der Waals surface area (Å²) in [7, 11) is 0. The lowest BCUT2D eigenvalue weighted by molar-refractivity contribution is 0.437. The van der Waals surface area contributed by atoms with Gasteiger partial charge in [0.2, 0.25) is 0 Å². The van der Waals surface area contributed by atoms with Crippen LogP contribution in [-0.4, -0.2) is 19.1 Å². The number of hydrogen-bond donors (Lipinski definition) is 2. The van der Waals surface area contributed by atoms with Gasteiger partial charge in [0.1, 0.15) is 0 Å². The quantitative estimate of drug-likeness (QED) is 0.807. The molecule has 2 aliphatic rings. The number of hydrogen-bond acceptors (Lipinski definition) is 2. The summed E-state index contributed by atoms with van der Waals surface area (Å²) in [5.74, 6) is 0. The van der Waals surface area contributed by atoms with Gasteiger partial charge in [0.15, 0.2) is 0 Å². The highest BCUT2D eigenvalue weighted by Crippen LogP contribution is 2.47. The Balaban J connectivity index is 1.80. The minimum atomic E-state index is 0.308. The first-order chi connectivity index (χ1) is 7.80. The first-order valence-electron chi connectivity index (χ1n) is 6.35. The first-order valence-corrected chi connectivity index (χ1v) is 6.35. The molecule has 2 heteroatoms. The highest BCUT2D eigenvalue weighted by atomic mass is 15.1.